The summed E-state index contributed by atoms with van der Waals surface area (Å²) in [5, 5.41) is 0. The van der Waals surface area contributed by atoms with Gasteiger partial charge in [-0.15, -0.1) is 0 Å². The second-order valence-electron chi connectivity index (χ2n) is 18.5. The van der Waals surface area contributed by atoms with Gasteiger partial charge in [0.2, 0.25) is 0 Å². The predicted molar refractivity (Wildman–Crippen MR) is 192 cm³/mol. The van der Waals surface area contributed by atoms with Crippen molar-refractivity contribution in [3.63, 3.8) is 0 Å². The van der Waals surface area contributed by atoms with E-state index in [4.69, 9.17) is 9.47 Å². The lowest BCUT2D eigenvalue weighted by Gasteiger charge is -2.69. The Hall–Kier alpha value is -3.21. The average molecular weight is 665 g/mol. The van der Waals surface area contributed by atoms with E-state index in [0.29, 0.717) is 35.9 Å². The van der Waals surface area contributed by atoms with Crippen molar-refractivity contribution in [2.24, 2.45) is 44.3 Å². The van der Waals surface area contributed by atoms with Crippen LogP contribution in [0, 0.1) is 44.3 Å². The summed E-state index contributed by atoms with van der Waals surface area (Å²) in [5.74, 6) is 0.362. The highest BCUT2D eigenvalue weighted by molar-refractivity contribution is 5.99. The summed E-state index contributed by atoms with van der Waals surface area (Å²) >= 11 is 0. The van der Waals surface area contributed by atoms with Crippen molar-refractivity contribution >= 4 is 17.7 Å². The van der Waals surface area contributed by atoms with E-state index < -0.39 is 0 Å². The molecule has 0 radical (unpaired) electrons. The maximum Gasteiger partial charge on any atom is 0.338 e. The van der Waals surface area contributed by atoms with E-state index in [1.165, 1.54) is 5.57 Å². The monoisotopic (exact) mass is 664 g/mol. The van der Waals surface area contributed by atoms with Crippen LogP contribution in [0.15, 0.2) is 71.8 Å². The van der Waals surface area contributed by atoms with Gasteiger partial charge in [0.25, 0.3) is 0 Å². The van der Waals surface area contributed by atoms with Gasteiger partial charge in [-0.1, -0.05) is 90.4 Å². The number of allylic oxidation sites excluding steroid dienone is 2. The maximum absolute atomic E-state index is 14.7. The molecule has 7 rings (SSSR count). The molecule has 0 amide bonds. The van der Waals surface area contributed by atoms with Crippen LogP contribution in [0.1, 0.15) is 133 Å². The van der Waals surface area contributed by atoms with Crippen LogP contribution in [0.25, 0.3) is 0 Å². The molecule has 8 unspecified atom stereocenters. The molecule has 262 valence electrons. The Bertz CT molecular complexity index is 1680. The number of carbonyl (C=O) groups excluding carboxylic acids is 3. The van der Waals surface area contributed by atoms with Crippen molar-refractivity contribution in [3.05, 3.63) is 82.9 Å². The highest BCUT2D eigenvalue weighted by atomic mass is 16.5. The molecule has 0 N–H and O–H groups in total. The third-order valence-corrected chi connectivity index (χ3v) is 15.4. The molecule has 0 bridgehead atoms. The van der Waals surface area contributed by atoms with Gasteiger partial charge in [0.05, 0.1) is 17.7 Å². The quantitative estimate of drug-likeness (QED) is 0.298. The minimum absolute atomic E-state index is 0.0270. The van der Waals surface area contributed by atoms with Gasteiger partial charge in [0.15, 0.2) is 5.78 Å². The van der Waals surface area contributed by atoms with Crippen LogP contribution in [-0.2, 0) is 14.3 Å². The van der Waals surface area contributed by atoms with E-state index >= 15 is 0 Å². The molecule has 8 atom stereocenters. The van der Waals surface area contributed by atoms with E-state index in [1.54, 1.807) is 0 Å². The Morgan fingerprint density at radius 2 is 1.35 bits per heavy atom. The second-order valence-corrected chi connectivity index (χ2v) is 18.5. The summed E-state index contributed by atoms with van der Waals surface area (Å²) in [6.07, 6.45) is 9.40. The van der Waals surface area contributed by atoms with Gasteiger partial charge in [-0.2, -0.15) is 0 Å². The first-order valence-corrected chi connectivity index (χ1v) is 18.8. The van der Waals surface area contributed by atoms with Gasteiger partial charge in [-0.05, 0) is 110 Å². The number of fused-ring (bicyclic) bond motifs is 6. The number of hydrogen-bond acceptors (Lipinski definition) is 5. The fourth-order valence-electron chi connectivity index (χ4n) is 12.0. The summed E-state index contributed by atoms with van der Waals surface area (Å²) in [5.41, 5.74) is 3.20. The van der Waals surface area contributed by atoms with Crippen molar-refractivity contribution in [2.45, 2.75) is 119 Å². The first kappa shape index (κ1) is 34.2. The fraction of sp³-hybridized carbons (Fsp3) is 0.614. The zero-order valence-electron chi connectivity index (χ0n) is 30.8. The van der Waals surface area contributed by atoms with Gasteiger partial charge in [0.1, 0.15) is 6.10 Å². The molecule has 3 fully saturated rings. The Morgan fingerprint density at radius 3 is 2.00 bits per heavy atom. The minimum atomic E-state index is -0.333. The number of Topliss-reactive ketones (excluding diaryl/α,β-unsaturated/α-hetero) is 1. The standard InChI is InChI=1S/C44H56O5/c1-39(2)33-26-32(45)36-31(42(33,5)20-19-35(39)49-38(47)30-16-12-9-13-17-30)18-21-43(6)34-27-40(3,22-23-41(34,4)24-25-44(36,43)7)28-48-37(46)29-14-10-8-11-15-29/h8-17,33-35H,18-28H2,1-7H3. The zero-order valence-corrected chi connectivity index (χ0v) is 30.8. The van der Waals surface area contributed by atoms with E-state index in [9.17, 15) is 14.4 Å². The van der Waals surface area contributed by atoms with Crippen molar-refractivity contribution < 1.29 is 23.9 Å². The van der Waals surface area contributed by atoms with Crippen LogP contribution in [-0.4, -0.2) is 30.4 Å². The maximum atomic E-state index is 14.7. The minimum Gasteiger partial charge on any atom is -0.462 e. The molecule has 0 spiro atoms. The smallest absolute Gasteiger partial charge is 0.338 e. The molecule has 49 heavy (non-hydrogen) atoms. The lowest BCUT2D eigenvalue weighted by atomic mass is 9.35. The van der Waals surface area contributed by atoms with E-state index in [0.717, 1.165) is 63.4 Å². The molecule has 5 nitrogen and oxygen atoms in total. The molecule has 0 aliphatic heterocycles. The average Bonchev–Trinajstić information content (AvgIpc) is 3.08. The molecule has 3 saturated carbocycles. The van der Waals surface area contributed by atoms with E-state index in [1.807, 2.05) is 60.7 Å². The third kappa shape index (κ3) is 5.27. The third-order valence-electron chi connectivity index (χ3n) is 15.4. The largest absolute Gasteiger partial charge is 0.462 e. The molecule has 0 saturated heterocycles. The number of ether oxygens (including phenoxy) is 2. The summed E-state index contributed by atoms with van der Waals surface area (Å²) in [4.78, 5) is 40.8. The van der Waals surface area contributed by atoms with Crippen LogP contribution >= 0.6 is 0 Å². The number of rotatable bonds is 5. The van der Waals surface area contributed by atoms with Crippen molar-refractivity contribution in [1.29, 1.82) is 0 Å². The van der Waals surface area contributed by atoms with Gasteiger partial charge in [0, 0.05) is 28.2 Å². The SMILES string of the molecule is CC1(COC(=O)c2ccccc2)CCC2(C)CCC3(C)C4=C(CCC3(C)C2C1)C1(C)CCC(OC(=O)c2ccccc2)C(C)(C)C1CC4=O. The highest BCUT2D eigenvalue weighted by Gasteiger charge is 2.68. The van der Waals surface area contributed by atoms with Crippen LogP contribution in [0.2, 0.25) is 0 Å². The first-order chi connectivity index (χ1) is 23.1. The normalized spacial score (nSPS) is 39.5. The Balaban J connectivity index is 1.16. The Labute approximate surface area is 293 Å². The summed E-state index contributed by atoms with van der Waals surface area (Å²) in [7, 11) is 0. The van der Waals surface area contributed by atoms with E-state index in [-0.39, 0.29) is 56.5 Å². The Kier molecular flexibility index (Phi) is 8.16. The van der Waals surface area contributed by atoms with Crippen molar-refractivity contribution in [3.8, 4) is 0 Å². The highest BCUT2D eigenvalue weighted by Crippen LogP contribution is 2.74. The van der Waals surface area contributed by atoms with Gasteiger partial charge in [-0.3, -0.25) is 4.79 Å². The summed E-state index contributed by atoms with van der Waals surface area (Å²) < 4.78 is 12.2. The van der Waals surface area contributed by atoms with Gasteiger partial charge >= 0.3 is 11.9 Å². The predicted octanol–water partition coefficient (Wildman–Crippen LogP) is 10.2. The molecule has 5 aliphatic rings. The lowest BCUT2D eigenvalue weighted by molar-refractivity contribution is -0.165. The zero-order chi connectivity index (χ0) is 35.0. The van der Waals surface area contributed by atoms with Gasteiger partial charge < -0.3 is 9.47 Å². The van der Waals surface area contributed by atoms with Crippen LogP contribution < -0.4 is 0 Å². The molecule has 5 aliphatic carbocycles. The number of ketones is 1. The second kappa shape index (κ2) is 11.7. The Morgan fingerprint density at radius 1 is 0.735 bits per heavy atom. The number of carbonyl (C=O) groups is 3. The fourth-order valence-corrected chi connectivity index (χ4v) is 12.0. The first-order valence-electron chi connectivity index (χ1n) is 18.8. The molecule has 0 heterocycles. The van der Waals surface area contributed by atoms with Crippen molar-refractivity contribution in [1.82, 2.24) is 0 Å². The summed E-state index contributed by atoms with van der Waals surface area (Å²) in [6, 6.07) is 18.6. The van der Waals surface area contributed by atoms with Crippen LogP contribution in [0.5, 0.6) is 0 Å². The lowest BCUT2D eigenvalue weighted by Crippen LogP contribution is -2.63. The van der Waals surface area contributed by atoms with Gasteiger partial charge in [-0.25, -0.2) is 9.59 Å². The molecular formula is C44H56O5. The molecule has 5 heteroatoms. The number of benzene rings is 2. The van der Waals surface area contributed by atoms with Crippen LogP contribution in [0.3, 0.4) is 0 Å². The van der Waals surface area contributed by atoms with E-state index in [2.05, 4.69) is 48.5 Å². The summed E-state index contributed by atoms with van der Waals surface area (Å²) in [6.45, 7) is 17.1. The number of hydrogen-bond donors (Lipinski definition) is 0. The van der Waals surface area contributed by atoms with Crippen LogP contribution in [0.4, 0.5) is 0 Å². The molecule has 0 aromatic heterocycles. The molecule has 2 aromatic carbocycles. The molecule has 2 aromatic rings. The number of esters is 2. The topological polar surface area (TPSA) is 69.7 Å². The van der Waals surface area contributed by atoms with Crippen molar-refractivity contribution in [2.75, 3.05) is 6.61 Å². The molecular weight excluding hydrogens is 608 g/mol.